The van der Waals surface area contributed by atoms with Crippen LogP contribution in [0.2, 0.25) is 0 Å². The minimum atomic E-state index is -0.170. The van der Waals surface area contributed by atoms with Gasteiger partial charge in [0.1, 0.15) is 22.2 Å². The number of nitriles is 1. The monoisotopic (exact) mass is 454 g/mol. The first-order chi connectivity index (χ1) is 14.6. The molecule has 5 rings (SSSR count). The molecule has 0 aliphatic heterocycles. The lowest BCUT2D eigenvalue weighted by molar-refractivity contribution is -0.113. The van der Waals surface area contributed by atoms with Crippen LogP contribution in [0.15, 0.2) is 11.5 Å². The van der Waals surface area contributed by atoms with Gasteiger partial charge in [-0.3, -0.25) is 9.20 Å². The summed E-state index contributed by atoms with van der Waals surface area (Å²) in [7, 11) is 0. The standard InChI is InChI=1S/C20H18N6OS3/c1-10-11(2)29-18(13(10)7-21)23-15(27)8-28-20-25-24-17-16-12-5-3-4-6-14(12)30-19(16)22-9-26(17)20/h9H,3-6,8H2,1-2H3,(H,23,27). The molecule has 7 nitrogen and oxygen atoms in total. The molecule has 0 radical (unpaired) electrons. The largest absolute Gasteiger partial charge is 0.316 e. The van der Waals surface area contributed by atoms with Crippen LogP contribution < -0.4 is 5.32 Å². The average molecular weight is 455 g/mol. The highest BCUT2D eigenvalue weighted by molar-refractivity contribution is 7.99. The zero-order chi connectivity index (χ0) is 20.8. The molecule has 152 valence electrons. The van der Waals surface area contributed by atoms with Crippen LogP contribution in [0.4, 0.5) is 5.00 Å². The zero-order valence-corrected chi connectivity index (χ0v) is 18.9. The van der Waals surface area contributed by atoms with Gasteiger partial charge in [-0.25, -0.2) is 4.98 Å². The van der Waals surface area contributed by atoms with Crippen LogP contribution in [0, 0.1) is 25.2 Å². The Hall–Kier alpha value is -2.48. The van der Waals surface area contributed by atoms with E-state index >= 15 is 0 Å². The Morgan fingerprint density at radius 3 is 2.97 bits per heavy atom. The van der Waals surface area contributed by atoms with Crippen LogP contribution in [0.1, 0.15) is 39.3 Å². The number of carbonyl (C=O) groups excluding carboxylic acids is 1. The molecule has 4 aromatic rings. The molecule has 0 bridgehead atoms. The SMILES string of the molecule is Cc1sc(NC(=O)CSc2nnc3c4c5c(sc4ncn23)CCCC5)c(C#N)c1C. The van der Waals surface area contributed by atoms with E-state index in [1.165, 1.54) is 46.4 Å². The number of fused-ring (bicyclic) bond motifs is 5. The van der Waals surface area contributed by atoms with E-state index in [-0.39, 0.29) is 11.7 Å². The van der Waals surface area contributed by atoms with Gasteiger partial charge in [-0.05, 0) is 50.7 Å². The van der Waals surface area contributed by atoms with Crippen molar-refractivity contribution in [3.63, 3.8) is 0 Å². The Morgan fingerprint density at radius 2 is 2.13 bits per heavy atom. The molecule has 0 saturated carbocycles. The Labute approximate surface area is 185 Å². The number of thioether (sulfide) groups is 1. The Kier molecular flexibility index (Phi) is 4.97. The van der Waals surface area contributed by atoms with Crippen LogP contribution in [0.5, 0.6) is 0 Å². The van der Waals surface area contributed by atoms with Gasteiger partial charge in [0.05, 0.1) is 16.7 Å². The minimum absolute atomic E-state index is 0.170. The maximum Gasteiger partial charge on any atom is 0.235 e. The van der Waals surface area contributed by atoms with Crippen molar-refractivity contribution < 1.29 is 4.79 Å². The average Bonchev–Trinajstić information content (AvgIpc) is 3.39. The van der Waals surface area contributed by atoms with E-state index in [1.54, 1.807) is 17.7 Å². The molecule has 30 heavy (non-hydrogen) atoms. The van der Waals surface area contributed by atoms with Gasteiger partial charge in [-0.2, -0.15) is 5.26 Å². The number of nitrogens with one attached hydrogen (secondary N) is 1. The highest BCUT2D eigenvalue weighted by Crippen LogP contribution is 2.37. The van der Waals surface area contributed by atoms with Gasteiger partial charge in [0.15, 0.2) is 10.8 Å². The molecule has 10 heteroatoms. The summed E-state index contributed by atoms with van der Waals surface area (Å²) in [6.07, 6.45) is 6.36. The molecule has 0 saturated heterocycles. The van der Waals surface area contributed by atoms with Gasteiger partial charge in [0.2, 0.25) is 5.91 Å². The first-order valence-electron chi connectivity index (χ1n) is 9.63. The van der Waals surface area contributed by atoms with Crippen LogP contribution >= 0.6 is 34.4 Å². The van der Waals surface area contributed by atoms with Gasteiger partial charge in [0, 0.05) is 9.75 Å². The maximum atomic E-state index is 12.5. The fourth-order valence-corrected chi connectivity index (χ4v) is 6.73. The van der Waals surface area contributed by atoms with Crippen LogP contribution in [-0.2, 0) is 17.6 Å². The van der Waals surface area contributed by atoms with E-state index in [4.69, 9.17) is 0 Å². The number of anilines is 1. The molecule has 0 unspecified atom stereocenters. The quantitative estimate of drug-likeness (QED) is 0.456. The number of carbonyl (C=O) groups is 1. The number of nitrogens with zero attached hydrogens (tertiary/aromatic N) is 5. The number of aryl methyl sites for hydroxylation is 3. The van der Waals surface area contributed by atoms with Crippen LogP contribution in [0.3, 0.4) is 0 Å². The fourth-order valence-electron chi connectivity index (χ4n) is 3.78. The van der Waals surface area contributed by atoms with Crippen molar-refractivity contribution >= 4 is 61.2 Å². The minimum Gasteiger partial charge on any atom is -0.316 e. The van der Waals surface area contributed by atoms with Gasteiger partial charge in [0.25, 0.3) is 0 Å². The van der Waals surface area contributed by atoms with E-state index < -0.39 is 0 Å². The Morgan fingerprint density at radius 1 is 1.30 bits per heavy atom. The number of rotatable bonds is 4. The summed E-state index contributed by atoms with van der Waals surface area (Å²) in [6, 6.07) is 2.18. The summed E-state index contributed by atoms with van der Waals surface area (Å²) in [5.74, 6) is 0.0120. The second-order valence-electron chi connectivity index (χ2n) is 7.25. The summed E-state index contributed by atoms with van der Waals surface area (Å²) in [5.41, 5.74) is 3.65. The highest BCUT2D eigenvalue weighted by Gasteiger charge is 2.21. The topological polar surface area (TPSA) is 96.0 Å². The molecule has 1 aliphatic rings. The lowest BCUT2D eigenvalue weighted by atomic mass is 9.97. The smallest absolute Gasteiger partial charge is 0.235 e. The van der Waals surface area contributed by atoms with E-state index in [2.05, 4.69) is 26.6 Å². The van der Waals surface area contributed by atoms with Crippen molar-refractivity contribution in [1.82, 2.24) is 19.6 Å². The second kappa shape index (κ2) is 7.65. The molecular weight excluding hydrogens is 436 g/mol. The van der Waals surface area contributed by atoms with Crippen LogP contribution in [-0.4, -0.2) is 31.2 Å². The number of hydrogen-bond donors (Lipinski definition) is 1. The molecule has 1 N–H and O–H groups in total. The molecule has 1 amide bonds. The molecule has 0 fully saturated rings. The van der Waals surface area contributed by atoms with Crippen molar-refractivity contribution in [3.05, 3.63) is 32.8 Å². The summed E-state index contributed by atoms with van der Waals surface area (Å²) in [6.45, 7) is 3.85. The number of aromatic nitrogens is 4. The molecule has 0 aromatic carbocycles. The van der Waals surface area contributed by atoms with Crippen molar-refractivity contribution in [3.8, 4) is 6.07 Å². The summed E-state index contributed by atoms with van der Waals surface area (Å²) in [5, 5.41) is 23.3. The normalized spacial score (nSPS) is 13.5. The van der Waals surface area contributed by atoms with E-state index in [9.17, 15) is 10.1 Å². The third-order valence-electron chi connectivity index (χ3n) is 5.41. The van der Waals surface area contributed by atoms with Crippen molar-refractivity contribution in [2.24, 2.45) is 0 Å². The molecule has 0 spiro atoms. The van der Waals surface area contributed by atoms with Gasteiger partial charge in [-0.1, -0.05) is 11.8 Å². The second-order valence-corrected chi connectivity index (χ2v) is 10.5. The molecule has 1 aliphatic carbocycles. The molecule has 4 aromatic heterocycles. The predicted octanol–water partition coefficient (Wildman–Crippen LogP) is 4.50. The van der Waals surface area contributed by atoms with E-state index in [1.807, 2.05) is 18.2 Å². The summed E-state index contributed by atoms with van der Waals surface area (Å²) < 4.78 is 1.88. The number of amides is 1. The number of hydrogen-bond acceptors (Lipinski definition) is 8. The van der Waals surface area contributed by atoms with Crippen molar-refractivity contribution in [1.29, 1.82) is 5.26 Å². The van der Waals surface area contributed by atoms with Crippen LogP contribution in [0.25, 0.3) is 15.9 Å². The first-order valence-corrected chi connectivity index (χ1v) is 12.3. The van der Waals surface area contributed by atoms with Crippen molar-refractivity contribution in [2.75, 3.05) is 11.1 Å². The number of thiophene rings is 2. The molecule has 0 atom stereocenters. The highest BCUT2D eigenvalue weighted by atomic mass is 32.2. The molecular formula is C20H18N6OS3. The lowest BCUT2D eigenvalue weighted by Gasteiger charge is -2.10. The molecule has 4 heterocycles. The van der Waals surface area contributed by atoms with E-state index in [0.29, 0.717) is 15.7 Å². The third-order valence-corrected chi connectivity index (χ3v) is 8.68. The summed E-state index contributed by atoms with van der Waals surface area (Å²) >= 11 is 4.51. The fraction of sp³-hybridized carbons (Fsp3) is 0.350. The van der Waals surface area contributed by atoms with Crippen molar-refractivity contribution in [2.45, 2.75) is 44.7 Å². The Bertz CT molecular complexity index is 1340. The van der Waals surface area contributed by atoms with Gasteiger partial charge < -0.3 is 5.32 Å². The predicted molar refractivity (Wildman–Crippen MR) is 121 cm³/mol. The lowest BCUT2D eigenvalue weighted by Crippen LogP contribution is -2.14. The Balaban J connectivity index is 1.38. The van der Waals surface area contributed by atoms with Gasteiger partial charge in [-0.15, -0.1) is 32.9 Å². The van der Waals surface area contributed by atoms with Gasteiger partial charge >= 0.3 is 0 Å². The zero-order valence-electron chi connectivity index (χ0n) is 16.5. The summed E-state index contributed by atoms with van der Waals surface area (Å²) in [4.78, 5) is 20.6. The third kappa shape index (κ3) is 3.17. The maximum absolute atomic E-state index is 12.5. The van der Waals surface area contributed by atoms with E-state index in [0.717, 1.165) is 39.1 Å². The first kappa shape index (κ1) is 19.5.